The van der Waals surface area contributed by atoms with Crippen LogP contribution in [0.5, 0.6) is 0 Å². The molecule has 1 fully saturated rings. The Hall–Kier alpha value is -1.63. The summed E-state index contributed by atoms with van der Waals surface area (Å²) in [4.78, 5) is 18.8. The summed E-state index contributed by atoms with van der Waals surface area (Å²) in [7, 11) is 2.02. The fraction of sp³-hybridized carbons (Fsp3) is 0.409. The minimum Gasteiger partial charge on any atom is -0.390 e. The Kier molecular flexibility index (Phi) is 7.92. The van der Waals surface area contributed by atoms with Crippen LogP contribution in [0.15, 0.2) is 48.5 Å². The van der Waals surface area contributed by atoms with Crippen LogP contribution in [0.4, 0.5) is 0 Å². The highest BCUT2D eigenvalue weighted by molar-refractivity contribution is 6.36. The summed E-state index contributed by atoms with van der Waals surface area (Å²) in [6.45, 7) is 4.71. The van der Waals surface area contributed by atoms with E-state index in [2.05, 4.69) is 21.9 Å². The topological polar surface area (TPSA) is 47.0 Å². The highest BCUT2D eigenvalue weighted by Gasteiger charge is 2.25. The number of amides is 1. The number of aliphatic hydroxyl groups is 1. The largest absolute Gasteiger partial charge is 0.390 e. The SMILES string of the molecule is CN(Cc1ccccc1)CC(O)CN1CCN(C(=O)c2ccc(Cl)cc2Cl)CC1. The predicted octanol–water partition coefficient (Wildman–Crippen LogP) is 3.24. The van der Waals surface area contributed by atoms with Crippen LogP contribution in [0.2, 0.25) is 10.0 Å². The molecule has 2 aromatic carbocycles. The van der Waals surface area contributed by atoms with Gasteiger partial charge in [-0.25, -0.2) is 0 Å². The average molecular weight is 436 g/mol. The molecule has 0 saturated carbocycles. The van der Waals surface area contributed by atoms with Gasteiger partial charge in [0.25, 0.3) is 5.91 Å². The van der Waals surface area contributed by atoms with E-state index in [-0.39, 0.29) is 5.91 Å². The second-order valence-electron chi connectivity index (χ2n) is 7.55. The maximum Gasteiger partial charge on any atom is 0.255 e. The fourth-order valence-corrected chi connectivity index (χ4v) is 4.13. The first-order chi connectivity index (χ1) is 13.9. The molecule has 1 saturated heterocycles. The second-order valence-corrected chi connectivity index (χ2v) is 8.40. The van der Waals surface area contributed by atoms with Gasteiger partial charge in [-0.2, -0.15) is 0 Å². The highest BCUT2D eigenvalue weighted by atomic mass is 35.5. The van der Waals surface area contributed by atoms with Gasteiger partial charge in [0.1, 0.15) is 0 Å². The van der Waals surface area contributed by atoms with Gasteiger partial charge in [-0.05, 0) is 30.8 Å². The number of hydrogen-bond donors (Lipinski definition) is 1. The molecule has 0 radical (unpaired) electrons. The van der Waals surface area contributed by atoms with Crippen molar-refractivity contribution in [1.29, 1.82) is 0 Å². The van der Waals surface area contributed by atoms with Crippen LogP contribution in [0, 0.1) is 0 Å². The van der Waals surface area contributed by atoms with Crippen LogP contribution in [0.25, 0.3) is 0 Å². The van der Waals surface area contributed by atoms with Gasteiger partial charge in [-0.1, -0.05) is 53.5 Å². The number of β-amino-alcohol motifs (C(OH)–C–C–N with tert-alkyl or cyclic N) is 1. The summed E-state index contributed by atoms with van der Waals surface area (Å²) in [5.74, 6) is -0.0746. The molecule has 1 atom stereocenters. The molecule has 156 valence electrons. The Balaban J connectivity index is 1.43. The molecule has 0 aliphatic carbocycles. The van der Waals surface area contributed by atoms with E-state index in [0.717, 1.165) is 19.6 Å². The molecule has 1 aliphatic rings. The maximum atomic E-state index is 12.7. The van der Waals surface area contributed by atoms with Gasteiger partial charge < -0.3 is 10.0 Å². The van der Waals surface area contributed by atoms with Gasteiger partial charge in [-0.3, -0.25) is 14.6 Å². The predicted molar refractivity (Wildman–Crippen MR) is 118 cm³/mol. The third kappa shape index (κ3) is 6.43. The van der Waals surface area contributed by atoms with Crippen LogP contribution in [0.3, 0.4) is 0 Å². The van der Waals surface area contributed by atoms with Crippen molar-refractivity contribution in [2.45, 2.75) is 12.6 Å². The van der Waals surface area contributed by atoms with Crippen molar-refractivity contribution in [3.05, 3.63) is 69.7 Å². The fourth-order valence-electron chi connectivity index (χ4n) is 3.64. The van der Waals surface area contributed by atoms with Crippen molar-refractivity contribution in [2.75, 3.05) is 46.3 Å². The van der Waals surface area contributed by atoms with Gasteiger partial charge in [-0.15, -0.1) is 0 Å². The molecule has 0 bridgehead atoms. The minimum atomic E-state index is -0.434. The highest BCUT2D eigenvalue weighted by Crippen LogP contribution is 2.22. The monoisotopic (exact) mass is 435 g/mol. The minimum absolute atomic E-state index is 0.0746. The van der Waals surface area contributed by atoms with E-state index in [1.165, 1.54) is 5.56 Å². The Morgan fingerprint density at radius 1 is 1.10 bits per heavy atom. The zero-order chi connectivity index (χ0) is 20.8. The zero-order valence-corrected chi connectivity index (χ0v) is 18.1. The second kappa shape index (κ2) is 10.4. The van der Waals surface area contributed by atoms with E-state index >= 15 is 0 Å². The van der Waals surface area contributed by atoms with E-state index in [1.807, 2.05) is 25.2 Å². The van der Waals surface area contributed by atoms with Gasteiger partial charge >= 0.3 is 0 Å². The molecule has 1 unspecified atom stereocenters. The number of aliphatic hydroxyl groups excluding tert-OH is 1. The summed E-state index contributed by atoms with van der Waals surface area (Å²) in [6.07, 6.45) is -0.434. The number of likely N-dealkylation sites (N-methyl/N-ethyl adjacent to an activating group) is 1. The van der Waals surface area contributed by atoms with E-state index in [4.69, 9.17) is 23.2 Å². The van der Waals surface area contributed by atoms with E-state index in [9.17, 15) is 9.90 Å². The van der Waals surface area contributed by atoms with Gasteiger partial charge in [0, 0.05) is 50.8 Å². The lowest BCUT2D eigenvalue weighted by Gasteiger charge is -2.36. The Morgan fingerprint density at radius 3 is 2.45 bits per heavy atom. The maximum absolute atomic E-state index is 12.7. The first kappa shape index (κ1) is 22.1. The van der Waals surface area contributed by atoms with Gasteiger partial charge in [0.05, 0.1) is 16.7 Å². The third-order valence-corrected chi connectivity index (χ3v) is 5.66. The summed E-state index contributed by atoms with van der Waals surface area (Å²) >= 11 is 12.1. The van der Waals surface area contributed by atoms with Crippen LogP contribution in [-0.4, -0.2) is 78.1 Å². The number of halogens is 2. The molecule has 2 aromatic rings. The zero-order valence-electron chi connectivity index (χ0n) is 16.6. The summed E-state index contributed by atoms with van der Waals surface area (Å²) in [6, 6.07) is 15.2. The Labute approximate surface area is 182 Å². The number of carbonyl (C=O) groups is 1. The molecule has 1 amide bonds. The molecule has 1 aliphatic heterocycles. The van der Waals surface area contributed by atoms with Crippen molar-refractivity contribution < 1.29 is 9.90 Å². The lowest BCUT2D eigenvalue weighted by atomic mass is 10.1. The van der Waals surface area contributed by atoms with Crippen LogP contribution in [0.1, 0.15) is 15.9 Å². The molecule has 3 rings (SSSR count). The lowest BCUT2D eigenvalue weighted by molar-refractivity contribution is 0.0453. The molecule has 0 spiro atoms. The molecule has 29 heavy (non-hydrogen) atoms. The Morgan fingerprint density at radius 2 is 1.79 bits per heavy atom. The van der Waals surface area contributed by atoms with Crippen LogP contribution in [-0.2, 0) is 6.54 Å². The molecule has 0 aromatic heterocycles. The number of nitrogens with zero attached hydrogens (tertiary/aromatic N) is 3. The number of rotatable bonds is 7. The molecule has 1 heterocycles. The summed E-state index contributed by atoms with van der Waals surface area (Å²) < 4.78 is 0. The van der Waals surface area contributed by atoms with Crippen molar-refractivity contribution in [2.24, 2.45) is 0 Å². The number of piperazine rings is 1. The first-order valence-corrected chi connectivity index (χ1v) is 10.5. The molecule has 7 heteroatoms. The number of carbonyl (C=O) groups excluding carboxylic acids is 1. The molecule has 1 N–H and O–H groups in total. The first-order valence-electron chi connectivity index (χ1n) is 9.79. The lowest BCUT2D eigenvalue weighted by Crippen LogP contribution is -2.51. The van der Waals surface area contributed by atoms with Crippen molar-refractivity contribution in [3.63, 3.8) is 0 Å². The van der Waals surface area contributed by atoms with Crippen LogP contribution >= 0.6 is 23.2 Å². The quantitative estimate of drug-likeness (QED) is 0.724. The standard InChI is InChI=1S/C22H27Cl2N3O2/c1-25(14-17-5-3-2-4-6-17)15-19(28)16-26-9-11-27(12-10-26)22(29)20-8-7-18(23)13-21(20)24/h2-8,13,19,28H,9-12,14-16H2,1H3. The molecular formula is C22H27Cl2N3O2. The molecule has 5 nitrogen and oxygen atoms in total. The van der Waals surface area contributed by atoms with Gasteiger partial charge in [0.2, 0.25) is 0 Å². The smallest absolute Gasteiger partial charge is 0.255 e. The summed E-state index contributed by atoms with van der Waals surface area (Å²) in [5.41, 5.74) is 1.71. The van der Waals surface area contributed by atoms with Crippen molar-refractivity contribution >= 4 is 29.1 Å². The third-order valence-electron chi connectivity index (χ3n) is 5.11. The van der Waals surface area contributed by atoms with E-state index < -0.39 is 6.10 Å². The Bertz CT molecular complexity index is 811. The number of hydrogen-bond acceptors (Lipinski definition) is 4. The normalized spacial score (nSPS) is 16.2. The van der Waals surface area contributed by atoms with Gasteiger partial charge in [0.15, 0.2) is 0 Å². The van der Waals surface area contributed by atoms with Crippen LogP contribution < -0.4 is 0 Å². The molecular weight excluding hydrogens is 409 g/mol. The number of benzene rings is 2. The van der Waals surface area contributed by atoms with E-state index in [1.54, 1.807) is 23.1 Å². The van der Waals surface area contributed by atoms with Crippen molar-refractivity contribution in [3.8, 4) is 0 Å². The average Bonchev–Trinajstić information content (AvgIpc) is 2.68. The van der Waals surface area contributed by atoms with Crippen molar-refractivity contribution in [1.82, 2.24) is 14.7 Å². The summed E-state index contributed by atoms with van der Waals surface area (Å²) in [5, 5.41) is 11.4. The van der Waals surface area contributed by atoms with E-state index in [0.29, 0.717) is 41.8 Å².